The molecule has 2 N–H and O–H groups in total. The molecule has 2 aromatic rings. The van der Waals surface area contributed by atoms with E-state index in [1.165, 1.54) is 15.6 Å². The molecule has 3 rings (SSSR count). The van der Waals surface area contributed by atoms with Gasteiger partial charge in [-0.2, -0.15) is 0 Å². The highest BCUT2D eigenvalue weighted by molar-refractivity contribution is 9.10. The fourth-order valence-electron chi connectivity index (χ4n) is 3.27. The maximum absolute atomic E-state index is 6.01. The van der Waals surface area contributed by atoms with Crippen molar-refractivity contribution in [2.24, 2.45) is 11.7 Å². The van der Waals surface area contributed by atoms with Gasteiger partial charge in [-0.25, -0.2) is 0 Å². The minimum atomic E-state index is 0.551. The number of nitrogens with zero attached hydrogens (tertiary/aromatic N) is 1. The lowest BCUT2D eigenvalue weighted by molar-refractivity contribution is 0.316. The number of benzene rings is 2. The third-order valence-electron chi connectivity index (χ3n) is 4.40. The summed E-state index contributed by atoms with van der Waals surface area (Å²) in [6.07, 6.45) is 0. The van der Waals surface area contributed by atoms with Crippen molar-refractivity contribution in [2.75, 3.05) is 19.6 Å². The summed E-state index contributed by atoms with van der Waals surface area (Å²) in [7, 11) is 0. The maximum Gasteiger partial charge on any atom is 0.0245 e. The lowest BCUT2D eigenvalue weighted by atomic mass is 9.89. The first kappa shape index (κ1) is 14.8. The van der Waals surface area contributed by atoms with Gasteiger partial charge in [0.05, 0.1) is 0 Å². The normalized spacial score (nSPS) is 22.6. The zero-order valence-corrected chi connectivity index (χ0v) is 13.7. The summed E-state index contributed by atoms with van der Waals surface area (Å²) >= 11 is 3.64. The van der Waals surface area contributed by atoms with Gasteiger partial charge in [0.25, 0.3) is 0 Å². The number of halogens is 1. The number of hydrogen-bond donors (Lipinski definition) is 1. The Kier molecular flexibility index (Phi) is 4.73. The zero-order chi connectivity index (χ0) is 14.7. The van der Waals surface area contributed by atoms with Crippen LogP contribution >= 0.6 is 15.9 Å². The molecule has 0 aliphatic carbocycles. The molecule has 1 fully saturated rings. The second-order valence-electron chi connectivity index (χ2n) is 5.80. The van der Waals surface area contributed by atoms with E-state index in [2.05, 4.69) is 75.4 Å². The molecular weight excluding hydrogens is 324 g/mol. The molecule has 2 atom stereocenters. The first-order valence-electron chi connectivity index (χ1n) is 7.48. The van der Waals surface area contributed by atoms with Crippen molar-refractivity contribution in [1.29, 1.82) is 0 Å². The SMILES string of the molecule is NC[C@@H]1CN(Cc2ccccc2Br)C[C@H]1c1ccccc1. The largest absolute Gasteiger partial charge is 0.330 e. The molecular formula is C18H21BrN2. The van der Waals surface area contributed by atoms with Gasteiger partial charge >= 0.3 is 0 Å². The van der Waals surface area contributed by atoms with Crippen molar-refractivity contribution in [2.45, 2.75) is 12.5 Å². The minimum absolute atomic E-state index is 0.551. The van der Waals surface area contributed by atoms with E-state index in [1.807, 2.05) is 0 Å². The van der Waals surface area contributed by atoms with E-state index in [0.717, 1.165) is 26.2 Å². The maximum atomic E-state index is 6.01. The third kappa shape index (κ3) is 3.37. The van der Waals surface area contributed by atoms with Crippen molar-refractivity contribution in [3.63, 3.8) is 0 Å². The van der Waals surface area contributed by atoms with Crippen LogP contribution in [-0.4, -0.2) is 24.5 Å². The second-order valence-corrected chi connectivity index (χ2v) is 6.65. The highest BCUT2D eigenvalue weighted by Crippen LogP contribution is 2.33. The molecule has 0 amide bonds. The van der Waals surface area contributed by atoms with Gasteiger partial charge in [-0.15, -0.1) is 0 Å². The third-order valence-corrected chi connectivity index (χ3v) is 5.17. The fraction of sp³-hybridized carbons (Fsp3) is 0.333. The average Bonchev–Trinajstić information content (AvgIpc) is 2.93. The molecule has 0 radical (unpaired) electrons. The molecule has 110 valence electrons. The Morgan fingerprint density at radius 1 is 1.00 bits per heavy atom. The Labute approximate surface area is 135 Å². The molecule has 1 aliphatic heterocycles. The van der Waals surface area contributed by atoms with Crippen molar-refractivity contribution in [3.05, 3.63) is 70.2 Å². The topological polar surface area (TPSA) is 29.3 Å². The van der Waals surface area contributed by atoms with Gasteiger partial charge in [-0.1, -0.05) is 64.5 Å². The Morgan fingerprint density at radius 2 is 1.71 bits per heavy atom. The molecule has 2 nitrogen and oxygen atoms in total. The second kappa shape index (κ2) is 6.73. The van der Waals surface area contributed by atoms with Crippen LogP contribution in [0, 0.1) is 5.92 Å². The van der Waals surface area contributed by atoms with Crippen LogP contribution in [-0.2, 0) is 6.54 Å². The van der Waals surface area contributed by atoms with Crippen LogP contribution in [0.5, 0.6) is 0 Å². The average molecular weight is 345 g/mol. The molecule has 1 heterocycles. The minimum Gasteiger partial charge on any atom is -0.330 e. The van der Waals surface area contributed by atoms with E-state index >= 15 is 0 Å². The predicted octanol–water partition coefficient (Wildman–Crippen LogP) is 3.62. The van der Waals surface area contributed by atoms with Gasteiger partial charge in [0.1, 0.15) is 0 Å². The molecule has 3 heteroatoms. The van der Waals surface area contributed by atoms with Crippen molar-refractivity contribution in [3.8, 4) is 0 Å². The van der Waals surface area contributed by atoms with Crippen molar-refractivity contribution < 1.29 is 0 Å². The summed E-state index contributed by atoms with van der Waals surface area (Å²) in [6.45, 7) is 3.91. The summed E-state index contributed by atoms with van der Waals surface area (Å²) in [5, 5.41) is 0. The first-order valence-corrected chi connectivity index (χ1v) is 8.28. The summed E-state index contributed by atoms with van der Waals surface area (Å²) in [4.78, 5) is 2.52. The number of likely N-dealkylation sites (tertiary alicyclic amines) is 1. The lowest BCUT2D eigenvalue weighted by Gasteiger charge is -2.17. The van der Waals surface area contributed by atoms with Crippen LogP contribution in [0.25, 0.3) is 0 Å². The highest BCUT2D eigenvalue weighted by Gasteiger charge is 2.32. The van der Waals surface area contributed by atoms with Gasteiger partial charge in [-0.05, 0) is 29.7 Å². The van der Waals surface area contributed by atoms with Crippen molar-refractivity contribution in [1.82, 2.24) is 4.90 Å². The monoisotopic (exact) mass is 344 g/mol. The zero-order valence-electron chi connectivity index (χ0n) is 12.1. The highest BCUT2D eigenvalue weighted by atomic mass is 79.9. The van der Waals surface area contributed by atoms with E-state index in [-0.39, 0.29) is 0 Å². The van der Waals surface area contributed by atoms with Gasteiger partial charge in [0.2, 0.25) is 0 Å². The van der Waals surface area contributed by atoms with E-state index in [0.29, 0.717) is 11.8 Å². The van der Waals surface area contributed by atoms with Crippen LogP contribution < -0.4 is 5.73 Å². The molecule has 0 saturated carbocycles. The summed E-state index contributed by atoms with van der Waals surface area (Å²) < 4.78 is 1.19. The van der Waals surface area contributed by atoms with E-state index in [9.17, 15) is 0 Å². The molecule has 0 bridgehead atoms. The molecule has 21 heavy (non-hydrogen) atoms. The van der Waals surface area contributed by atoms with Gasteiger partial charge in [-0.3, -0.25) is 4.90 Å². The predicted molar refractivity (Wildman–Crippen MR) is 91.1 cm³/mol. The van der Waals surface area contributed by atoms with Gasteiger partial charge in [0, 0.05) is 30.0 Å². The number of hydrogen-bond acceptors (Lipinski definition) is 2. The van der Waals surface area contributed by atoms with Crippen LogP contribution in [0.4, 0.5) is 0 Å². The Bertz CT molecular complexity index is 585. The Morgan fingerprint density at radius 3 is 2.43 bits per heavy atom. The molecule has 0 unspecified atom stereocenters. The van der Waals surface area contributed by atoms with Crippen LogP contribution in [0.2, 0.25) is 0 Å². The molecule has 1 aliphatic rings. The Balaban J connectivity index is 1.74. The van der Waals surface area contributed by atoms with Crippen LogP contribution in [0.3, 0.4) is 0 Å². The summed E-state index contributed by atoms with van der Waals surface area (Å²) in [5.41, 5.74) is 8.78. The number of rotatable bonds is 4. The molecule has 2 aromatic carbocycles. The summed E-state index contributed by atoms with van der Waals surface area (Å²) in [5.74, 6) is 1.11. The van der Waals surface area contributed by atoms with Crippen molar-refractivity contribution >= 4 is 15.9 Å². The van der Waals surface area contributed by atoms with E-state index in [4.69, 9.17) is 5.73 Å². The fourth-order valence-corrected chi connectivity index (χ4v) is 3.68. The molecule has 1 saturated heterocycles. The smallest absolute Gasteiger partial charge is 0.0245 e. The Hall–Kier alpha value is -1.16. The standard InChI is InChI=1S/C18H21BrN2/c19-18-9-5-4-8-15(18)11-21-12-16(10-20)17(13-21)14-6-2-1-3-7-14/h1-9,16-17H,10-13,20H2/t16-,17+/m1/s1. The quantitative estimate of drug-likeness (QED) is 0.917. The van der Waals surface area contributed by atoms with Gasteiger partial charge in [0.15, 0.2) is 0 Å². The summed E-state index contributed by atoms with van der Waals surface area (Å²) in [6, 6.07) is 19.3. The van der Waals surface area contributed by atoms with E-state index < -0.39 is 0 Å². The molecule has 0 aromatic heterocycles. The van der Waals surface area contributed by atoms with Crippen LogP contribution in [0.15, 0.2) is 59.1 Å². The molecule has 0 spiro atoms. The van der Waals surface area contributed by atoms with Crippen LogP contribution in [0.1, 0.15) is 17.0 Å². The number of nitrogens with two attached hydrogens (primary N) is 1. The lowest BCUT2D eigenvalue weighted by Crippen LogP contribution is -2.23. The van der Waals surface area contributed by atoms with E-state index in [1.54, 1.807) is 0 Å². The van der Waals surface area contributed by atoms with Gasteiger partial charge < -0.3 is 5.73 Å². The first-order chi connectivity index (χ1) is 10.3.